The number of carboxylic acids is 1. The standard InChI is InChI=1S/C53H87N7O8S.C35H55N5O5S.C17H33N3O4.CH4/c1-15-37(6)47(57(12)51(64)40(35(2)3)33-43(61)46(36(4)5)56(11)25-26-58-27-29-59(30-28-58)52(65)68-53(8,9)10)44(66-13)34-45(62)60-24-19-22-42(60)48(67-14)38(7)49(63)55-41(50-54-23-31-69-50)32-39-20-17-16-18-21-39;1-9-23(4)31(39(6)35(43)30(36)22(2)3)28(44-7)21-29(41)40-18-13-16-27(40)32(45-8)24(5)33(42)38-26(34-37-17-19-46-34)20-25-14-11-10-12-15-25;1-13(2)14(15(21)22)18(6)7-8-19-9-11-20(12-10-19)16(23)24-17(3,4)5;/h16-18,20-21,23,31,35-38,40-42,44,46-48H,15,19,22,24-30,32-34H2,1-14H3,(H,55,63);10-12,14-15,17,19,22-24,26-28,30-32H,9,13,16,18,20-21,36H2,1-8H3,(H,38,42);13-14H,7-12H2,1-6H3,(H,21,22);1H4/t37-,38+,40-,41-,42-,44+,46-,47-,48+;23-,24+,26-,27-,28+,30-,31-,32+;14-;/m000./s1. The highest BCUT2D eigenvalue weighted by Gasteiger charge is 2.47. The van der Waals surface area contributed by atoms with E-state index < -0.39 is 77.5 Å². The van der Waals surface area contributed by atoms with Gasteiger partial charge in [0.15, 0.2) is 5.78 Å². The van der Waals surface area contributed by atoms with Crippen LogP contribution in [0.4, 0.5) is 9.59 Å². The maximum absolute atomic E-state index is 14.8. The number of carbonyl (C=O) groups excluding carboxylic acids is 9. The molecule has 32 nitrogen and oxygen atoms in total. The lowest BCUT2D eigenvalue weighted by molar-refractivity contribution is -0.149. The van der Waals surface area contributed by atoms with Crippen molar-refractivity contribution in [3.8, 4) is 0 Å². The number of amides is 8. The lowest BCUT2D eigenvalue weighted by atomic mass is 9.83. The lowest BCUT2D eigenvalue weighted by Gasteiger charge is -2.41. The molecule has 18 atom stereocenters. The molecule has 5 N–H and O–H groups in total. The number of aromatic nitrogens is 2. The number of ketones is 1. The van der Waals surface area contributed by atoms with E-state index in [2.05, 4.69) is 76.8 Å². The van der Waals surface area contributed by atoms with Crippen LogP contribution in [0.5, 0.6) is 0 Å². The van der Waals surface area contributed by atoms with E-state index in [4.69, 9.17) is 34.2 Å². The second-order valence-electron chi connectivity index (χ2n) is 42.0. The number of carbonyl (C=O) groups is 10. The Bertz CT molecular complexity index is 4340. The van der Waals surface area contributed by atoms with Gasteiger partial charge in [0, 0.05) is 170 Å². The highest BCUT2D eigenvalue weighted by molar-refractivity contribution is 7.09. The molecule has 0 radical (unpaired) electrons. The summed E-state index contributed by atoms with van der Waals surface area (Å²) in [4.78, 5) is 163. The number of likely N-dealkylation sites (tertiary alicyclic amines) is 2. The van der Waals surface area contributed by atoms with Crippen molar-refractivity contribution in [3.63, 3.8) is 0 Å². The molecular weight excluding hydrogens is 1820 g/mol. The van der Waals surface area contributed by atoms with E-state index in [1.165, 1.54) is 22.7 Å². The Kier molecular flexibility index (Phi) is 51.8. The van der Waals surface area contributed by atoms with Crippen LogP contribution in [-0.2, 0) is 79.6 Å². The second kappa shape index (κ2) is 59.3. The number of aliphatic carboxylic acids is 1. The summed E-state index contributed by atoms with van der Waals surface area (Å²) in [6, 6.07) is 16.6. The number of nitrogens with one attached hydrogen (secondary N) is 2. The van der Waals surface area contributed by atoms with E-state index in [1.807, 2.05) is 197 Å². The van der Waals surface area contributed by atoms with Gasteiger partial charge >= 0.3 is 18.2 Å². The minimum absolute atomic E-state index is 0. The number of methoxy groups -OCH3 is 4. The number of nitrogens with zero attached hydrogens (tertiary/aromatic N) is 12. The smallest absolute Gasteiger partial charge is 0.410 e. The molecule has 4 aliphatic heterocycles. The van der Waals surface area contributed by atoms with Crippen molar-refractivity contribution in [3.05, 3.63) is 105 Å². The van der Waals surface area contributed by atoms with Gasteiger partial charge in [-0.2, -0.15) is 0 Å². The van der Waals surface area contributed by atoms with Crippen LogP contribution in [0.25, 0.3) is 0 Å². The highest BCUT2D eigenvalue weighted by atomic mass is 32.1. The number of hydrogen-bond donors (Lipinski definition) is 4. The van der Waals surface area contributed by atoms with Gasteiger partial charge in [0.2, 0.25) is 35.4 Å². The van der Waals surface area contributed by atoms with Crippen molar-refractivity contribution >= 4 is 82.1 Å². The van der Waals surface area contributed by atoms with Crippen molar-refractivity contribution in [2.75, 3.05) is 148 Å². The zero-order valence-electron chi connectivity index (χ0n) is 89.2. The average molecular weight is 2000 g/mol. The Morgan fingerprint density at radius 3 is 1.16 bits per heavy atom. The molecule has 4 aromatic rings. The highest BCUT2D eigenvalue weighted by Crippen LogP contribution is 2.36. The molecule has 6 heterocycles. The molecule has 34 heteroatoms. The van der Waals surface area contributed by atoms with Gasteiger partial charge in [-0.05, 0) is 141 Å². The molecule has 0 spiro atoms. The first-order valence-corrected chi connectivity index (χ1v) is 52.4. The molecule has 792 valence electrons. The first-order valence-electron chi connectivity index (χ1n) is 50.6. The number of ether oxygens (including phenoxy) is 6. The average Bonchev–Trinajstić information content (AvgIpc) is 1.53. The number of nitrogens with two attached hydrogens (primary N) is 1. The van der Waals surface area contributed by atoms with E-state index in [0.29, 0.717) is 71.6 Å². The molecule has 4 fully saturated rings. The van der Waals surface area contributed by atoms with Crippen LogP contribution in [0.1, 0.15) is 237 Å². The van der Waals surface area contributed by atoms with Gasteiger partial charge in [-0.25, -0.2) is 19.6 Å². The second-order valence-corrected chi connectivity index (χ2v) is 43.9. The van der Waals surface area contributed by atoms with Gasteiger partial charge < -0.3 is 79.3 Å². The van der Waals surface area contributed by atoms with E-state index in [9.17, 15) is 53.1 Å². The SMILES string of the molecule is C.CC(C)[C@@H](C(=O)O)N(C)CCN1CCN(C(=O)OC(C)(C)C)CC1.CC[C@H](C)[C@@H]([C@@H](CC(=O)N1CCC[C@H]1[C@H](OC)[C@@H](C)C(=O)N[C@@H](Cc1ccccc1)c1nccs1)OC)N(C)C(=O)[C@@H](CC(=O)[C@H](C(C)C)N(C)CCN1CCN(C(=O)OC(C)(C)C)CC1)C(C)C.CC[C@H](C)[C@@H]([C@@H](CC(=O)N1CCC[C@H]1[C@H](OC)[C@@H](C)C(=O)N[C@@H](Cc1ccccc1)c1nccs1)OC)N(C)C(=O)[C@@H](N)C(C)C. The Hall–Kier alpha value is -8.16. The summed E-state index contributed by atoms with van der Waals surface area (Å²) in [5.41, 5.74) is 7.42. The topological polar surface area (TPSA) is 355 Å². The number of hydrogen-bond acceptors (Lipinski definition) is 25. The molecule has 2 aromatic heterocycles. The molecule has 4 saturated heterocycles. The fourth-order valence-corrected chi connectivity index (χ4v) is 21.2. The predicted molar refractivity (Wildman–Crippen MR) is 555 cm³/mol. The maximum Gasteiger partial charge on any atom is 0.410 e. The van der Waals surface area contributed by atoms with Crippen molar-refractivity contribution in [1.82, 2.24) is 69.6 Å². The summed E-state index contributed by atoms with van der Waals surface area (Å²) in [7, 11) is 13.8. The third kappa shape index (κ3) is 36.9. The molecule has 0 aliphatic carbocycles. The minimum Gasteiger partial charge on any atom is -0.480 e. The minimum atomic E-state index is -0.776. The first kappa shape index (κ1) is 122. The Labute approximate surface area is 847 Å². The zero-order valence-corrected chi connectivity index (χ0v) is 90.8. The van der Waals surface area contributed by atoms with Gasteiger partial charge in [0.1, 0.15) is 27.3 Å². The molecule has 8 amide bonds. The van der Waals surface area contributed by atoms with Crippen LogP contribution in [0, 0.1) is 53.3 Å². The number of likely N-dealkylation sites (N-methyl/N-ethyl adjacent to an activating group) is 4. The van der Waals surface area contributed by atoms with Gasteiger partial charge in [0.05, 0.1) is 97.4 Å². The Morgan fingerprint density at radius 2 is 0.857 bits per heavy atom. The van der Waals surface area contributed by atoms with Crippen LogP contribution in [0.15, 0.2) is 83.8 Å². The fourth-order valence-electron chi connectivity index (χ4n) is 19.8. The van der Waals surface area contributed by atoms with Gasteiger partial charge in [-0.1, -0.05) is 178 Å². The molecule has 0 bridgehead atoms. The predicted octanol–water partition coefficient (Wildman–Crippen LogP) is 13.9. The number of piperazine rings is 2. The molecule has 0 unspecified atom stereocenters. The van der Waals surface area contributed by atoms with Gasteiger partial charge in [-0.15, -0.1) is 22.7 Å². The Balaban J connectivity index is 0.000000416. The van der Waals surface area contributed by atoms with Crippen molar-refractivity contribution in [2.24, 2.45) is 59.0 Å². The lowest BCUT2D eigenvalue weighted by Crippen LogP contribution is -2.56. The van der Waals surface area contributed by atoms with Gasteiger partial charge in [0.25, 0.3) is 0 Å². The molecule has 0 saturated carbocycles. The molecular formula is C106H179N15O17S2. The van der Waals surface area contributed by atoms with Crippen LogP contribution in [0.2, 0.25) is 0 Å². The summed E-state index contributed by atoms with van der Waals surface area (Å²) >= 11 is 3.02. The van der Waals surface area contributed by atoms with Crippen molar-refractivity contribution in [2.45, 2.75) is 307 Å². The van der Waals surface area contributed by atoms with Crippen LogP contribution in [0.3, 0.4) is 0 Å². The molecule has 2 aromatic carbocycles. The fraction of sp³-hybridized carbons (Fsp3) is 0.736. The Morgan fingerprint density at radius 1 is 0.493 bits per heavy atom. The zero-order chi connectivity index (χ0) is 104. The van der Waals surface area contributed by atoms with Crippen molar-refractivity contribution < 1.29 is 81.5 Å². The van der Waals surface area contributed by atoms with E-state index in [1.54, 1.807) is 74.5 Å². The summed E-state index contributed by atoms with van der Waals surface area (Å²) in [6.45, 7) is 48.5. The van der Waals surface area contributed by atoms with E-state index in [0.717, 1.165) is 92.5 Å². The molecule has 4 aliphatic rings. The first-order chi connectivity index (χ1) is 65.6. The van der Waals surface area contributed by atoms with Crippen molar-refractivity contribution in [1.29, 1.82) is 0 Å². The quantitative estimate of drug-likeness (QED) is 0.0319. The third-order valence-corrected chi connectivity index (χ3v) is 29.9. The van der Waals surface area contributed by atoms with Crippen LogP contribution >= 0.6 is 22.7 Å². The third-order valence-electron chi connectivity index (χ3n) is 28.1. The number of Topliss-reactive ketones (excluding diaryl/α,β-unsaturated/α-hetero) is 1. The van der Waals surface area contributed by atoms with E-state index >= 15 is 0 Å². The number of carboxylic acid groups (broad SMARTS) is 1. The van der Waals surface area contributed by atoms with Crippen LogP contribution in [-0.4, -0.2) is 350 Å². The normalized spacial score (nSPS) is 19.1. The summed E-state index contributed by atoms with van der Waals surface area (Å²) in [5.74, 6) is -3.16. The number of rotatable bonds is 48. The summed E-state index contributed by atoms with van der Waals surface area (Å²) < 4.78 is 35.1. The summed E-state index contributed by atoms with van der Waals surface area (Å²) in [6.07, 6.45) is 6.78. The largest absolute Gasteiger partial charge is 0.480 e. The number of benzene rings is 2. The van der Waals surface area contributed by atoms with E-state index in [-0.39, 0.29) is 152 Å². The maximum atomic E-state index is 14.8. The van der Waals surface area contributed by atoms with Gasteiger partial charge in [-0.3, -0.25) is 58.0 Å². The summed E-state index contributed by atoms with van der Waals surface area (Å²) in [5, 5.41) is 21.3. The number of thiazole rings is 2. The monoisotopic (exact) mass is 2000 g/mol. The molecule has 8 rings (SSSR count). The molecule has 140 heavy (non-hydrogen) atoms. The van der Waals surface area contributed by atoms with Crippen LogP contribution < -0.4 is 16.4 Å².